The number of aliphatic hydroxyl groups excluding tert-OH is 1. The van der Waals surface area contributed by atoms with Gasteiger partial charge in [-0.2, -0.15) is 0 Å². The topological polar surface area (TPSA) is 237 Å². The largest absolute Gasteiger partial charge is 0.472 e. The number of phosphoric ester groups is 2. The monoisotopic (exact) mass is 1210 g/mol. The lowest BCUT2D eigenvalue weighted by Gasteiger charge is -2.21. The number of carbonyl (C=O) groups excluding carboxylic acids is 4. The second kappa shape index (κ2) is 56.8. The standard InChI is InChI=1S/C63H122O17P2/c1-6-10-13-16-19-22-24-25-27-32-37-42-47-61(66)74-53-59(80-63(68)49-44-39-34-29-28-30-35-40-45-56(5)9-4)55-78-82(71,72)76-51-57(64)50-75-81(69,70)77-54-58(52-73-60(65)46-41-36-31-21-18-15-12-8-3)79-62(67)48-43-38-33-26-23-20-17-14-11-7-2/h56-59,64H,6-55H2,1-5H3,(H,69,70)(H,71,72)/t56?,57-,58+,59+/m0/s1. The molecule has 0 saturated carbocycles. The van der Waals surface area contributed by atoms with E-state index in [0.29, 0.717) is 25.7 Å². The highest BCUT2D eigenvalue weighted by Crippen LogP contribution is 2.45. The first kappa shape index (κ1) is 80.1. The predicted octanol–water partition coefficient (Wildman–Crippen LogP) is 17.4. The minimum atomic E-state index is -4.94. The van der Waals surface area contributed by atoms with Crippen molar-refractivity contribution in [2.45, 2.75) is 335 Å². The van der Waals surface area contributed by atoms with Gasteiger partial charge < -0.3 is 33.8 Å². The fraction of sp³-hybridized carbons (Fsp3) is 0.937. The molecule has 0 heterocycles. The van der Waals surface area contributed by atoms with Gasteiger partial charge in [-0.05, 0) is 31.6 Å². The van der Waals surface area contributed by atoms with E-state index in [1.165, 1.54) is 135 Å². The highest BCUT2D eigenvalue weighted by atomic mass is 31.2. The minimum Gasteiger partial charge on any atom is -0.462 e. The second-order valence-electron chi connectivity index (χ2n) is 23.0. The number of esters is 4. The Labute approximate surface area is 498 Å². The van der Waals surface area contributed by atoms with Crippen molar-refractivity contribution in [3.63, 3.8) is 0 Å². The van der Waals surface area contributed by atoms with Crippen LogP contribution in [0.1, 0.15) is 317 Å². The summed E-state index contributed by atoms with van der Waals surface area (Å²) in [7, 11) is -9.88. The van der Waals surface area contributed by atoms with Crippen molar-refractivity contribution in [1.82, 2.24) is 0 Å². The third-order valence-electron chi connectivity index (χ3n) is 14.9. The van der Waals surface area contributed by atoms with Gasteiger partial charge >= 0.3 is 39.5 Å². The number of carbonyl (C=O) groups is 4. The molecule has 0 saturated heterocycles. The lowest BCUT2D eigenvalue weighted by molar-refractivity contribution is -0.161. The molecule has 3 unspecified atom stereocenters. The van der Waals surface area contributed by atoms with Crippen LogP contribution < -0.4 is 0 Å². The fourth-order valence-electron chi connectivity index (χ4n) is 9.37. The van der Waals surface area contributed by atoms with Crippen LogP contribution in [-0.2, 0) is 65.4 Å². The van der Waals surface area contributed by atoms with Crippen molar-refractivity contribution in [2.24, 2.45) is 5.92 Å². The lowest BCUT2D eigenvalue weighted by atomic mass is 9.99. The number of hydrogen-bond acceptors (Lipinski definition) is 15. The first-order valence-electron chi connectivity index (χ1n) is 33.2. The molecule has 486 valence electrons. The van der Waals surface area contributed by atoms with E-state index < -0.39 is 97.5 Å². The maximum atomic E-state index is 13.0. The van der Waals surface area contributed by atoms with Crippen LogP contribution in [0.5, 0.6) is 0 Å². The molecule has 0 aromatic heterocycles. The molecule has 19 heteroatoms. The predicted molar refractivity (Wildman–Crippen MR) is 326 cm³/mol. The van der Waals surface area contributed by atoms with Crippen molar-refractivity contribution < 1.29 is 80.2 Å². The Hall–Kier alpha value is -1.94. The number of ether oxygens (including phenoxy) is 4. The molecule has 82 heavy (non-hydrogen) atoms. The second-order valence-corrected chi connectivity index (χ2v) is 25.9. The number of unbranched alkanes of at least 4 members (excludes halogenated alkanes) is 34. The van der Waals surface area contributed by atoms with Crippen LogP contribution in [-0.4, -0.2) is 96.7 Å². The number of aliphatic hydroxyl groups is 1. The summed E-state index contributed by atoms with van der Waals surface area (Å²) >= 11 is 0. The Balaban J connectivity index is 5.23. The molecular weight excluding hydrogens is 1090 g/mol. The fourth-order valence-corrected chi connectivity index (χ4v) is 11.0. The van der Waals surface area contributed by atoms with Gasteiger partial charge in [-0.25, -0.2) is 9.13 Å². The summed E-state index contributed by atoms with van der Waals surface area (Å²) in [6.07, 6.45) is 40.2. The van der Waals surface area contributed by atoms with E-state index in [1.54, 1.807) is 0 Å². The van der Waals surface area contributed by atoms with E-state index in [-0.39, 0.29) is 25.7 Å². The lowest BCUT2D eigenvalue weighted by Crippen LogP contribution is -2.30. The molecule has 0 aliphatic rings. The number of hydrogen-bond donors (Lipinski definition) is 3. The third kappa shape index (κ3) is 55.9. The zero-order valence-corrected chi connectivity index (χ0v) is 54.4. The van der Waals surface area contributed by atoms with Crippen LogP contribution in [0.25, 0.3) is 0 Å². The zero-order valence-electron chi connectivity index (χ0n) is 52.6. The molecule has 6 atom stereocenters. The highest BCUT2D eigenvalue weighted by Gasteiger charge is 2.30. The summed E-state index contributed by atoms with van der Waals surface area (Å²) < 4.78 is 67.9. The van der Waals surface area contributed by atoms with Gasteiger partial charge in [0.05, 0.1) is 26.4 Å². The molecule has 0 spiro atoms. The molecule has 0 aliphatic heterocycles. The van der Waals surface area contributed by atoms with E-state index in [9.17, 15) is 43.2 Å². The van der Waals surface area contributed by atoms with Crippen molar-refractivity contribution in [3.05, 3.63) is 0 Å². The van der Waals surface area contributed by atoms with Gasteiger partial charge in [0.25, 0.3) is 0 Å². The van der Waals surface area contributed by atoms with E-state index in [1.807, 2.05) is 0 Å². The SMILES string of the molecule is CCCCCCCCCCCCCCC(=O)OC[C@H](COP(=O)(O)OC[C@@H](O)COP(=O)(O)OC[C@@H](COC(=O)CCCCCCCCCC)OC(=O)CCCCCCCCCCCC)OC(=O)CCCCCCCCCCC(C)CC. The molecule has 0 fully saturated rings. The summed E-state index contributed by atoms with van der Waals surface area (Å²) in [6.45, 7) is 7.15. The minimum absolute atomic E-state index is 0.105. The van der Waals surface area contributed by atoms with Crippen LogP contribution in [0.4, 0.5) is 0 Å². The van der Waals surface area contributed by atoms with Gasteiger partial charge in [-0.1, -0.05) is 266 Å². The van der Waals surface area contributed by atoms with Gasteiger partial charge in [0.2, 0.25) is 0 Å². The molecule has 0 amide bonds. The van der Waals surface area contributed by atoms with Crippen molar-refractivity contribution in [1.29, 1.82) is 0 Å². The average Bonchev–Trinajstić information content (AvgIpc) is 3.46. The Kier molecular flexibility index (Phi) is 55.5. The van der Waals surface area contributed by atoms with Crippen LogP contribution in [0.15, 0.2) is 0 Å². The number of rotatable bonds is 63. The Morgan fingerprint density at radius 1 is 0.341 bits per heavy atom. The van der Waals surface area contributed by atoms with Gasteiger partial charge in [0.1, 0.15) is 19.3 Å². The molecule has 17 nitrogen and oxygen atoms in total. The maximum absolute atomic E-state index is 13.0. The van der Waals surface area contributed by atoms with Crippen molar-refractivity contribution >= 4 is 39.5 Å². The Bertz CT molecular complexity index is 1600. The Morgan fingerprint density at radius 2 is 0.585 bits per heavy atom. The summed E-state index contributed by atoms with van der Waals surface area (Å²) in [5.74, 6) is -1.37. The zero-order chi connectivity index (χ0) is 60.6. The molecule has 0 bridgehead atoms. The van der Waals surface area contributed by atoms with E-state index >= 15 is 0 Å². The Morgan fingerprint density at radius 3 is 0.866 bits per heavy atom. The van der Waals surface area contributed by atoms with E-state index in [0.717, 1.165) is 102 Å². The summed E-state index contributed by atoms with van der Waals surface area (Å²) in [5.41, 5.74) is 0. The summed E-state index contributed by atoms with van der Waals surface area (Å²) in [5, 5.41) is 10.5. The molecule has 0 aliphatic carbocycles. The quantitative estimate of drug-likeness (QED) is 0.0222. The molecule has 3 N–H and O–H groups in total. The molecule has 0 radical (unpaired) electrons. The molecule has 0 rings (SSSR count). The van der Waals surface area contributed by atoms with Crippen molar-refractivity contribution in [2.75, 3.05) is 39.6 Å². The number of phosphoric acid groups is 2. The highest BCUT2D eigenvalue weighted by molar-refractivity contribution is 7.47. The van der Waals surface area contributed by atoms with Crippen LogP contribution in [0.3, 0.4) is 0 Å². The van der Waals surface area contributed by atoms with Crippen LogP contribution >= 0.6 is 15.6 Å². The van der Waals surface area contributed by atoms with Crippen LogP contribution in [0.2, 0.25) is 0 Å². The molecule has 0 aromatic rings. The van der Waals surface area contributed by atoms with Gasteiger partial charge in [-0.3, -0.25) is 37.3 Å². The van der Waals surface area contributed by atoms with Crippen molar-refractivity contribution in [3.8, 4) is 0 Å². The van der Waals surface area contributed by atoms with E-state index in [2.05, 4.69) is 34.6 Å². The first-order valence-corrected chi connectivity index (χ1v) is 36.2. The van der Waals surface area contributed by atoms with E-state index in [4.69, 9.17) is 37.0 Å². The summed E-state index contributed by atoms with van der Waals surface area (Å²) in [6, 6.07) is 0. The molecule has 0 aromatic carbocycles. The smallest absolute Gasteiger partial charge is 0.462 e. The maximum Gasteiger partial charge on any atom is 0.472 e. The summed E-state index contributed by atoms with van der Waals surface area (Å²) in [4.78, 5) is 72.1. The molecular formula is C63H122O17P2. The van der Waals surface area contributed by atoms with Gasteiger partial charge in [0, 0.05) is 25.7 Å². The third-order valence-corrected chi connectivity index (χ3v) is 16.8. The van der Waals surface area contributed by atoms with Gasteiger partial charge in [-0.15, -0.1) is 0 Å². The normalized spacial score (nSPS) is 14.6. The average molecular weight is 1210 g/mol. The van der Waals surface area contributed by atoms with Gasteiger partial charge in [0.15, 0.2) is 12.2 Å². The first-order chi connectivity index (χ1) is 39.6. The van der Waals surface area contributed by atoms with Crippen LogP contribution in [0, 0.1) is 5.92 Å².